The Morgan fingerprint density at radius 3 is 2.50 bits per heavy atom. The number of hydrogen-bond acceptors (Lipinski definition) is 0. The summed E-state index contributed by atoms with van der Waals surface area (Å²) in [6.07, 6.45) is 3.57. The summed E-state index contributed by atoms with van der Waals surface area (Å²) in [5.41, 5.74) is 1.67. The van der Waals surface area contributed by atoms with E-state index in [9.17, 15) is 4.39 Å². The topological polar surface area (TPSA) is 0 Å². The summed E-state index contributed by atoms with van der Waals surface area (Å²) in [4.78, 5) is 0. The number of hydrogen-bond donors (Lipinski definition) is 0. The number of halogens is 1. The van der Waals surface area contributed by atoms with Gasteiger partial charge in [-0.15, -0.1) is 0 Å². The fourth-order valence-corrected chi connectivity index (χ4v) is 0.919. The molecule has 0 N–H and O–H groups in total. The van der Waals surface area contributed by atoms with Crippen molar-refractivity contribution in [1.82, 2.24) is 0 Å². The number of rotatable bonds is 1. The predicted molar refractivity (Wildman–Crippen MR) is 57.2 cm³/mol. The smallest absolute Gasteiger partial charge is 0.123 e. The van der Waals surface area contributed by atoms with Gasteiger partial charge >= 0.3 is 0 Å². The lowest BCUT2D eigenvalue weighted by Crippen LogP contribution is -1.76. The maximum atomic E-state index is 12.5. The highest BCUT2D eigenvalue weighted by Crippen LogP contribution is 2.01. The molecule has 1 aromatic carbocycles. The van der Waals surface area contributed by atoms with Gasteiger partial charge in [-0.3, -0.25) is 0 Å². The minimum Gasteiger partial charge on any atom is -0.207 e. The molecule has 0 heterocycles. The van der Waals surface area contributed by atoms with Crippen LogP contribution >= 0.6 is 0 Å². The molecule has 0 saturated heterocycles. The van der Waals surface area contributed by atoms with Crippen LogP contribution in [0.2, 0.25) is 0 Å². The second kappa shape index (κ2) is 5.04. The van der Waals surface area contributed by atoms with Gasteiger partial charge in [-0.05, 0) is 31.2 Å². The predicted octanol–water partition coefficient (Wildman–Crippen LogP) is 3.31. The average molecular weight is 186 g/mol. The Kier molecular flexibility index (Phi) is 3.69. The molecule has 1 heteroatoms. The van der Waals surface area contributed by atoms with Crippen LogP contribution in [0.25, 0.3) is 0 Å². The van der Waals surface area contributed by atoms with E-state index in [0.717, 1.165) is 11.1 Å². The molecule has 1 aromatic rings. The van der Waals surface area contributed by atoms with E-state index in [0.29, 0.717) is 0 Å². The molecule has 0 saturated carbocycles. The second-order valence-corrected chi connectivity index (χ2v) is 2.71. The zero-order valence-electron chi connectivity index (χ0n) is 8.05. The molecule has 0 spiro atoms. The molecular formula is C13H11F. The molecule has 0 bridgehead atoms. The third-order valence-electron chi connectivity index (χ3n) is 1.73. The third-order valence-corrected chi connectivity index (χ3v) is 1.73. The van der Waals surface area contributed by atoms with Crippen molar-refractivity contribution in [1.29, 1.82) is 0 Å². The Hall–Kier alpha value is -1.81. The molecule has 0 fully saturated rings. The van der Waals surface area contributed by atoms with Crippen molar-refractivity contribution >= 4 is 0 Å². The standard InChI is InChI=1S/C13H11F/c1-3-11(4-2)5-6-12-7-9-13(14)10-8-12/h3-4,7-10H,1H2,2H3/b11-4+. The van der Waals surface area contributed by atoms with Gasteiger partial charge in [0, 0.05) is 11.1 Å². The van der Waals surface area contributed by atoms with Crippen LogP contribution in [0.15, 0.2) is 48.6 Å². The van der Waals surface area contributed by atoms with E-state index in [1.165, 1.54) is 12.1 Å². The Bertz CT molecular complexity index is 399. The summed E-state index contributed by atoms with van der Waals surface area (Å²) in [5.74, 6) is 5.60. The Balaban J connectivity index is 2.87. The summed E-state index contributed by atoms with van der Waals surface area (Å²) in [6, 6.07) is 6.10. The fourth-order valence-electron chi connectivity index (χ4n) is 0.919. The zero-order valence-corrected chi connectivity index (χ0v) is 8.05. The summed E-state index contributed by atoms with van der Waals surface area (Å²) >= 11 is 0. The highest BCUT2D eigenvalue weighted by molar-refractivity contribution is 5.44. The number of benzene rings is 1. The first kappa shape index (κ1) is 10.3. The maximum Gasteiger partial charge on any atom is 0.123 e. The summed E-state index contributed by atoms with van der Waals surface area (Å²) in [7, 11) is 0. The second-order valence-electron chi connectivity index (χ2n) is 2.71. The molecular weight excluding hydrogens is 175 g/mol. The lowest BCUT2D eigenvalue weighted by Gasteiger charge is -1.89. The summed E-state index contributed by atoms with van der Waals surface area (Å²) in [6.45, 7) is 5.53. The minimum absolute atomic E-state index is 0.245. The van der Waals surface area contributed by atoms with Crippen molar-refractivity contribution < 1.29 is 4.39 Å². The van der Waals surface area contributed by atoms with Gasteiger partial charge in [0.2, 0.25) is 0 Å². The van der Waals surface area contributed by atoms with Crippen LogP contribution < -0.4 is 0 Å². The van der Waals surface area contributed by atoms with Gasteiger partial charge in [0.1, 0.15) is 5.82 Å². The van der Waals surface area contributed by atoms with Crippen molar-refractivity contribution in [3.8, 4) is 11.8 Å². The minimum atomic E-state index is -0.245. The Morgan fingerprint density at radius 2 is 2.00 bits per heavy atom. The molecule has 70 valence electrons. The van der Waals surface area contributed by atoms with Gasteiger partial charge in [-0.1, -0.05) is 30.6 Å². The highest BCUT2D eigenvalue weighted by atomic mass is 19.1. The molecule has 0 aliphatic carbocycles. The van der Waals surface area contributed by atoms with Gasteiger partial charge in [0.15, 0.2) is 0 Å². The van der Waals surface area contributed by atoms with E-state index < -0.39 is 0 Å². The monoisotopic (exact) mass is 186 g/mol. The molecule has 0 unspecified atom stereocenters. The van der Waals surface area contributed by atoms with E-state index >= 15 is 0 Å². The zero-order chi connectivity index (χ0) is 10.4. The van der Waals surface area contributed by atoms with Gasteiger partial charge in [-0.2, -0.15) is 0 Å². The van der Waals surface area contributed by atoms with E-state index in [-0.39, 0.29) is 5.82 Å². The quantitative estimate of drug-likeness (QED) is 0.466. The highest BCUT2D eigenvalue weighted by Gasteiger charge is 1.88. The molecule has 0 aromatic heterocycles. The molecule has 0 nitrogen and oxygen atoms in total. The Labute approximate surface area is 83.8 Å². The van der Waals surface area contributed by atoms with Crippen LogP contribution in [-0.4, -0.2) is 0 Å². The van der Waals surface area contributed by atoms with Crippen molar-refractivity contribution in [3.63, 3.8) is 0 Å². The van der Waals surface area contributed by atoms with Crippen molar-refractivity contribution in [2.24, 2.45) is 0 Å². The molecule has 14 heavy (non-hydrogen) atoms. The van der Waals surface area contributed by atoms with Crippen molar-refractivity contribution in [2.75, 3.05) is 0 Å². The first-order valence-electron chi connectivity index (χ1n) is 4.32. The van der Waals surface area contributed by atoms with Gasteiger partial charge in [0.25, 0.3) is 0 Å². The van der Waals surface area contributed by atoms with Crippen molar-refractivity contribution in [2.45, 2.75) is 6.92 Å². The van der Waals surface area contributed by atoms with Crippen LogP contribution in [0.5, 0.6) is 0 Å². The van der Waals surface area contributed by atoms with Gasteiger partial charge in [0.05, 0.1) is 0 Å². The molecule has 0 aliphatic heterocycles. The SMILES string of the molecule is C=C/C(C#Cc1ccc(F)cc1)=C\C. The van der Waals surface area contributed by atoms with E-state index in [1.807, 2.05) is 13.0 Å². The van der Waals surface area contributed by atoms with Crippen LogP contribution in [0.3, 0.4) is 0 Å². The summed E-state index contributed by atoms with van der Waals surface area (Å²) in [5, 5.41) is 0. The number of allylic oxidation sites excluding steroid dienone is 3. The lowest BCUT2D eigenvalue weighted by atomic mass is 10.2. The van der Waals surface area contributed by atoms with Crippen LogP contribution in [0.1, 0.15) is 12.5 Å². The molecule has 0 radical (unpaired) electrons. The average Bonchev–Trinajstić information content (AvgIpc) is 2.22. The van der Waals surface area contributed by atoms with E-state index in [4.69, 9.17) is 0 Å². The summed E-state index contributed by atoms with van der Waals surface area (Å²) < 4.78 is 12.5. The first-order chi connectivity index (χ1) is 6.76. The fraction of sp³-hybridized carbons (Fsp3) is 0.0769. The van der Waals surface area contributed by atoms with E-state index in [1.54, 1.807) is 18.2 Å². The molecule has 1 rings (SSSR count). The molecule has 0 atom stereocenters. The van der Waals surface area contributed by atoms with E-state index in [2.05, 4.69) is 18.4 Å². The van der Waals surface area contributed by atoms with Crippen LogP contribution in [-0.2, 0) is 0 Å². The van der Waals surface area contributed by atoms with Crippen molar-refractivity contribution in [3.05, 3.63) is 60.0 Å². The molecule has 0 amide bonds. The first-order valence-corrected chi connectivity index (χ1v) is 4.32. The third kappa shape index (κ3) is 2.91. The Morgan fingerprint density at radius 1 is 1.36 bits per heavy atom. The normalized spacial score (nSPS) is 10.3. The maximum absolute atomic E-state index is 12.5. The molecule has 0 aliphatic rings. The van der Waals surface area contributed by atoms with Gasteiger partial charge in [-0.25, -0.2) is 4.39 Å². The van der Waals surface area contributed by atoms with Gasteiger partial charge < -0.3 is 0 Å². The largest absolute Gasteiger partial charge is 0.207 e. The van der Waals surface area contributed by atoms with Crippen LogP contribution in [0, 0.1) is 17.7 Å². The lowest BCUT2D eigenvalue weighted by molar-refractivity contribution is 0.627. The van der Waals surface area contributed by atoms with Crippen LogP contribution in [0.4, 0.5) is 4.39 Å².